The Morgan fingerprint density at radius 1 is 1.50 bits per heavy atom. The molecule has 0 aliphatic carbocycles. The summed E-state index contributed by atoms with van der Waals surface area (Å²) in [6, 6.07) is 6.13. The van der Waals surface area contributed by atoms with Crippen LogP contribution in [-0.4, -0.2) is 16.2 Å². The fourth-order valence-electron chi connectivity index (χ4n) is 2.21. The molecule has 0 bridgehead atoms. The molecule has 1 aliphatic heterocycles. The number of ether oxygens (including phenoxy) is 1. The number of hydrazine groups is 1. The van der Waals surface area contributed by atoms with E-state index in [4.69, 9.17) is 10.6 Å². The minimum absolute atomic E-state index is 0.0594. The molecule has 1 unspecified atom stereocenters. The topological polar surface area (TPSA) is 73.1 Å². The van der Waals surface area contributed by atoms with E-state index in [1.807, 2.05) is 19.1 Å². The van der Waals surface area contributed by atoms with Gasteiger partial charge in [0.15, 0.2) is 0 Å². The molecule has 1 aromatic carbocycles. The molecule has 2 aromatic rings. The highest BCUT2D eigenvalue weighted by Crippen LogP contribution is 2.31. The van der Waals surface area contributed by atoms with Gasteiger partial charge in [-0.05, 0) is 41.7 Å². The van der Waals surface area contributed by atoms with Gasteiger partial charge in [-0.2, -0.15) is 0 Å². The molecule has 0 saturated heterocycles. The first-order valence-corrected chi connectivity index (χ1v) is 6.57. The number of nitrogens with zero attached hydrogens (tertiary/aromatic N) is 2. The first-order chi connectivity index (χ1) is 8.79. The average Bonchev–Trinajstić information content (AvgIpc) is 2.99. The highest BCUT2D eigenvalue weighted by Gasteiger charge is 2.20. The molecular formula is C12H14N4OS. The van der Waals surface area contributed by atoms with Gasteiger partial charge in [0.2, 0.25) is 0 Å². The lowest BCUT2D eigenvalue weighted by molar-refractivity contribution is 0.357. The zero-order valence-corrected chi connectivity index (χ0v) is 10.8. The summed E-state index contributed by atoms with van der Waals surface area (Å²) >= 11 is 1.38. The molecule has 18 heavy (non-hydrogen) atoms. The third-order valence-electron chi connectivity index (χ3n) is 3.16. The smallest absolute Gasteiger partial charge is 0.122 e. The van der Waals surface area contributed by atoms with Crippen LogP contribution in [0.3, 0.4) is 0 Å². The van der Waals surface area contributed by atoms with Gasteiger partial charge >= 0.3 is 0 Å². The summed E-state index contributed by atoms with van der Waals surface area (Å²) in [5.74, 6) is 6.66. The summed E-state index contributed by atoms with van der Waals surface area (Å²) in [4.78, 5) is 1.05. The van der Waals surface area contributed by atoms with Crippen molar-refractivity contribution in [3.8, 4) is 5.75 Å². The lowest BCUT2D eigenvalue weighted by atomic mass is 10.0. The van der Waals surface area contributed by atoms with Crippen LogP contribution in [0.25, 0.3) is 0 Å². The van der Waals surface area contributed by atoms with Crippen molar-refractivity contribution < 1.29 is 4.74 Å². The number of fused-ring (bicyclic) bond motifs is 1. The van der Waals surface area contributed by atoms with Gasteiger partial charge < -0.3 is 4.74 Å². The fourth-order valence-corrected chi connectivity index (χ4v) is 2.95. The standard InChI is InChI=1S/C12H14N4OS/c1-7-12(18-16-15-7)11(14-13)9-2-3-10-8(6-9)4-5-17-10/h2-3,6,11,14H,4-5,13H2,1H3. The van der Waals surface area contributed by atoms with E-state index in [0.717, 1.165) is 34.9 Å². The summed E-state index contributed by atoms with van der Waals surface area (Å²) in [5, 5.41) is 4.03. The van der Waals surface area contributed by atoms with E-state index in [1.165, 1.54) is 17.1 Å². The number of hydrogen-bond acceptors (Lipinski definition) is 6. The predicted octanol–water partition coefficient (Wildman–Crippen LogP) is 1.33. The normalized spacial score (nSPS) is 15.2. The summed E-state index contributed by atoms with van der Waals surface area (Å²) in [6.45, 7) is 2.71. The minimum atomic E-state index is -0.0594. The average molecular weight is 262 g/mol. The number of hydrogen-bond donors (Lipinski definition) is 2. The molecule has 0 spiro atoms. The first kappa shape index (κ1) is 11.6. The van der Waals surface area contributed by atoms with Gasteiger partial charge in [0.25, 0.3) is 0 Å². The largest absolute Gasteiger partial charge is 0.493 e. The van der Waals surface area contributed by atoms with Gasteiger partial charge in [-0.3, -0.25) is 5.84 Å². The van der Waals surface area contributed by atoms with E-state index >= 15 is 0 Å². The zero-order valence-electron chi connectivity index (χ0n) is 10.0. The number of rotatable bonds is 3. The maximum atomic E-state index is 5.68. The van der Waals surface area contributed by atoms with Crippen LogP contribution in [0.4, 0.5) is 0 Å². The van der Waals surface area contributed by atoms with Gasteiger partial charge in [0.05, 0.1) is 23.2 Å². The fraction of sp³-hybridized carbons (Fsp3) is 0.333. The van der Waals surface area contributed by atoms with Crippen LogP contribution in [0.15, 0.2) is 18.2 Å². The molecule has 0 saturated carbocycles. The Morgan fingerprint density at radius 2 is 2.39 bits per heavy atom. The van der Waals surface area contributed by atoms with Crippen molar-refractivity contribution in [2.24, 2.45) is 5.84 Å². The molecule has 1 aliphatic rings. The molecule has 0 amide bonds. The van der Waals surface area contributed by atoms with Crippen molar-refractivity contribution in [1.29, 1.82) is 0 Å². The lowest BCUT2D eigenvalue weighted by Gasteiger charge is -2.15. The van der Waals surface area contributed by atoms with E-state index in [1.54, 1.807) is 0 Å². The Balaban J connectivity index is 2.00. The molecule has 2 heterocycles. The highest BCUT2D eigenvalue weighted by atomic mass is 32.1. The lowest BCUT2D eigenvalue weighted by Crippen LogP contribution is -2.28. The van der Waals surface area contributed by atoms with Crippen LogP contribution >= 0.6 is 11.5 Å². The van der Waals surface area contributed by atoms with Crippen molar-refractivity contribution in [3.05, 3.63) is 39.9 Å². The van der Waals surface area contributed by atoms with Gasteiger partial charge in [-0.25, -0.2) is 5.43 Å². The molecule has 1 aromatic heterocycles. The Kier molecular flexibility index (Phi) is 2.99. The second-order valence-electron chi connectivity index (χ2n) is 4.29. The zero-order chi connectivity index (χ0) is 12.5. The number of nitrogens with two attached hydrogens (primary N) is 1. The quantitative estimate of drug-likeness (QED) is 0.645. The molecule has 0 radical (unpaired) electrons. The van der Waals surface area contributed by atoms with Crippen LogP contribution in [0.1, 0.15) is 27.7 Å². The molecule has 3 rings (SSSR count). The van der Waals surface area contributed by atoms with Crippen LogP contribution in [0.5, 0.6) is 5.75 Å². The number of benzene rings is 1. The van der Waals surface area contributed by atoms with E-state index < -0.39 is 0 Å². The number of nitrogens with one attached hydrogen (secondary N) is 1. The second-order valence-corrected chi connectivity index (χ2v) is 5.07. The third-order valence-corrected chi connectivity index (χ3v) is 4.05. The summed E-state index contributed by atoms with van der Waals surface area (Å²) < 4.78 is 9.47. The Labute approximate surface area is 109 Å². The summed E-state index contributed by atoms with van der Waals surface area (Å²) in [5.41, 5.74) is 6.12. The van der Waals surface area contributed by atoms with Gasteiger partial charge in [0, 0.05) is 6.42 Å². The van der Waals surface area contributed by atoms with E-state index in [9.17, 15) is 0 Å². The van der Waals surface area contributed by atoms with Gasteiger partial charge in [-0.1, -0.05) is 10.6 Å². The number of aromatic nitrogens is 2. The monoisotopic (exact) mass is 262 g/mol. The number of aryl methyl sites for hydroxylation is 1. The second kappa shape index (κ2) is 4.64. The molecule has 5 nitrogen and oxygen atoms in total. The van der Waals surface area contributed by atoms with E-state index in [2.05, 4.69) is 21.1 Å². The maximum absolute atomic E-state index is 5.68. The summed E-state index contributed by atoms with van der Waals surface area (Å²) in [7, 11) is 0. The van der Waals surface area contributed by atoms with E-state index in [-0.39, 0.29) is 6.04 Å². The molecule has 94 valence electrons. The van der Waals surface area contributed by atoms with Crippen molar-refractivity contribution in [1.82, 2.24) is 15.0 Å². The minimum Gasteiger partial charge on any atom is -0.493 e. The van der Waals surface area contributed by atoms with Crippen molar-refractivity contribution in [2.45, 2.75) is 19.4 Å². The SMILES string of the molecule is Cc1nnsc1C(NN)c1ccc2c(c1)CCO2. The van der Waals surface area contributed by atoms with Gasteiger partial charge in [0.1, 0.15) is 5.75 Å². The van der Waals surface area contributed by atoms with Crippen LogP contribution in [0.2, 0.25) is 0 Å². The first-order valence-electron chi connectivity index (χ1n) is 5.80. The van der Waals surface area contributed by atoms with Crippen LogP contribution < -0.4 is 16.0 Å². The molecule has 6 heteroatoms. The molecule has 3 N–H and O–H groups in total. The van der Waals surface area contributed by atoms with E-state index in [0.29, 0.717) is 0 Å². The van der Waals surface area contributed by atoms with Crippen molar-refractivity contribution in [3.63, 3.8) is 0 Å². The molecular weight excluding hydrogens is 248 g/mol. The van der Waals surface area contributed by atoms with Crippen LogP contribution in [0, 0.1) is 6.92 Å². The molecule has 0 fully saturated rings. The van der Waals surface area contributed by atoms with Crippen LogP contribution in [-0.2, 0) is 6.42 Å². The van der Waals surface area contributed by atoms with Crippen molar-refractivity contribution in [2.75, 3.05) is 6.61 Å². The predicted molar refractivity (Wildman–Crippen MR) is 69.5 cm³/mol. The highest BCUT2D eigenvalue weighted by molar-refractivity contribution is 7.05. The third kappa shape index (κ3) is 1.88. The Morgan fingerprint density at radius 3 is 3.11 bits per heavy atom. The Bertz CT molecular complexity index is 569. The van der Waals surface area contributed by atoms with Crippen molar-refractivity contribution >= 4 is 11.5 Å². The summed E-state index contributed by atoms with van der Waals surface area (Å²) in [6.07, 6.45) is 0.959. The maximum Gasteiger partial charge on any atom is 0.122 e. The molecule has 1 atom stereocenters. The Hall–Kier alpha value is -1.50. The van der Waals surface area contributed by atoms with Gasteiger partial charge in [-0.15, -0.1) is 5.10 Å².